The number of carbonyl (C=O) groups is 1. The van der Waals surface area contributed by atoms with E-state index in [-0.39, 0.29) is 5.91 Å². The number of nitrogens with one attached hydrogen (secondary N) is 1. The van der Waals surface area contributed by atoms with Gasteiger partial charge in [-0.2, -0.15) is 0 Å². The van der Waals surface area contributed by atoms with Crippen LogP contribution in [0, 0.1) is 6.92 Å². The zero-order chi connectivity index (χ0) is 13.8. The molecule has 0 heterocycles. The van der Waals surface area contributed by atoms with Crippen molar-refractivity contribution < 1.29 is 9.90 Å². The van der Waals surface area contributed by atoms with Gasteiger partial charge in [-0.05, 0) is 45.2 Å². The molecule has 0 aliphatic carbocycles. The monoisotopic (exact) mass is 249 g/mol. The molecule has 0 saturated heterocycles. The van der Waals surface area contributed by atoms with E-state index in [1.165, 1.54) is 11.1 Å². The second kappa shape index (κ2) is 6.01. The van der Waals surface area contributed by atoms with Crippen LogP contribution in [0.25, 0.3) is 0 Å². The molecule has 3 nitrogen and oxygen atoms in total. The normalized spacial score (nSPS) is 13.2. The van der Waals surface area contributed by atoms with E-state index in [1.807, 2.05) is 45.0 Å². The van der Waals surface area contributed by atoms with Crippen LogP contribution in [-0.2, 0) is 11.2 Å². The summed E-state index contributed by atoms with van der Waals surface area (Å²) in [6.07, 6.45) is 0.606. The Morgan fingerprint density at radius 3 is 2.56 bits per heavy atom. The number of aliphatic hydroxyl groups is 1. The van der Waals surface area contributed by atoms with Crippen molar-refractivity contribution >= 4 is 5.91 Å². The van der Waals surface area contributed by atoms with Gasteiger partial charge < -0.3 is 10.4 Å². The Kier molecular flexibility index (Phi) is 4.91. The first kappa shape index (κ1) is 14.7. The lowest BCUT2D eigenvalue weighted by Crippen LogP contribution is -2.51. The Balaban J connectivity index is 2.50. The predicted molar refractivity (Wildman–Crippen MR) is 73.4 cm³/mol. The Morgan fingerprint density at radius 2 is 2.00 bits per heavy atom. The average Bonchev–Trinajstić information content (AvgIpc) is 2.27. The maximum atomic E-state index is 11.8. The minimum Gasteiger partial charge on any atom is -0.391 e. The Morgan fingerprint density at radius 1 is 1.39 bits per heavy atom. The molecule has 1 amide bonds. The maximum absolute atomic E-state index is 11.8. The fourth-order valence-corrected chi connectivity index (χ4v) is 1.67. The molecule has 3 heteroatoms. The minimum absolute atomic E-state index is 0.0239. The smallest absolute Gasteiger partial charge is 0.220 e. The lowest BCUT2D eigenvalue weighted by atomic mass is 9.98. The first-order chi connectivity index (χ1) is 8.33. The predicted octanol–water partition coefficient (Wildman–Crippen LogP) is 2.20. The van der Waals surface area contributed by atoms with Gasteiger partial charge in [-0.15, -0.1) is 0 Å². The molecule has 0 aromatic heterocycles. The van der Waals surface area contributed by atoms with Crippen LogP contribution >= 0.6 is 0 Å². The fraction of sp³-hybridized carbons (Fsp3) is 0.533. The molecule has 1 aromatic carbocycles. The molecule has 0 radical (unpaired) electrons. The summed E-state index contributed by atoms with van der Waals surface area (Å²) in [6.45, 7) is 7.38. The lowest BCUT2D eigenvalue weighted by molar-refractivity contribution is -0.123. The van der Waals surface area contributed by atoms with Crippen molar-refractivity contribution in [3.05, 3.63) is 35.4 Å². The summed E-state index contributed by atoms with van der Waals surface area (Å²) >= 11 is 0. The average molecular weight is 249 g/mol. The van der Waals surface area contributed by atoms with Crippen LogP contribution in [0.2, 0.25) is 0 Å². The van der Waals surface area contributed by atoms with E-state index in [2.05, 4.69) is 5.32 Å². The van der Waals surface area contributed by atoms with Crippen molar-refractivity contribution in [3.63, 3.8) is 0 Å². The molecule has 100 valence electrons. The van der Waals surface area contributed by atoms with E-state index < -0.39 is 11.6 Å². The molecule has 1 rings (SSSR count). The number of hydrogen-bond donors (Lipinski definition) is 2. The molecule has 0 aliphatic rings. The van der Waals surface area contributed by atoms with Crippen LogP contribution in [0.15, 0.2) is 24.3 Å². The van der Waals surface area contributed by atoms with Crippen molar-refractivity contribution in [2.24, 2.45) is 0 Å². The van der Waals surface area contributed by atoms with E-state index in [0.717, 1.165) is 6.42 Å². The maximum Gasteiger partial charge on any atom is 0.220 e. The van der Waals surface area contributed by atoms with Crippen LogP contribution in [0.4, 0.5) is 0 Å². The summed E-state index contributed by atoms with van der Waals surface area (Å²) in [5.74, 6) is -0.0239. The van der Waals surface area contributed by atoms with Gasteiger partial charge in [0.25, 0.3) is 0 Å². The molecule has 2 N–H and O–H groups in total. The van der Waals surface area contributed by atoms with E-state index in [1.54, 1.807) is 6.92 Å². The number of carbonyl (C=O) groups excluding carboxylic acids is 1. The Bertz CT molecular complexity index is 411. The summed E-state index contributed by atoms with van der Waals surface area (Å²) in [6, 6.07) is 8.07. The number of aryl methyl sites for hydroxylation is 2. The molecular weight excluding hydrogens is 226 g/mol. The molecular formula is C15H23NO2. The van der Waals surface area contributed by atoms with Gasteiger partial charge in [0.05, 0.1) is 11.6 Å². The highest BCUT2D eigenvalue weighted by molar-refractivity contribution is 5.77. The van der Waals surface area contributed by atoms with Gasteiger partial charge in [0.15, 0.2) is 0 Å². The van der Waals surface area contributed by atoms with Crippen LogP contribution in [0.5, 0.6) is 0 Å². The van der Waals surface area contributed by atoms with Gasteiger partial charge in [0.2, 0.25) is 5.91 Å². The van der Waals surface area contributed by atoms with Gasteiger partial charge in [-0.3, -0.25) is 4.79 Å². The van der Waals surface area contributed by atoms with Gasteiger partial charge in [0.1, 0.15) is 0 Å². The second-order valence-electron chi connectivity index (χ2n) is 5.37. The van der Waals surface area contributed by atoms with Gasteiger partial charge in [-0.25, -0.2) is 0 Å². The molecule has 0 bridgehead atoms. The van der Waals surface area contributed by atoms with Crippen molar-refractivity contribution in [2.75, 3.05) is 0 Å². The zero-order valence-electron chi connectivity index (χ0n) is 11.7. The Hall–Kier alpha value is -1.35. The lowest BCUT2D eigenvalue weighted by Gasteiger charge is -2.29. The molecule has 0 fully saturated rings. The van der Waals surface area contributed by atoms with E-state index in [4.69, 9.17) is 0 Å². The first-order valence-corrected chi connectivity index (χ1v) is 6.36. The van der Waals surface area contributed by atoms with Crippen molar-refractivity contribution in [2.45, 2.75) is 52.2 Å². The van der Waals surface area contributed by atoms with Crippen molar-refractivity contribution in [3.8, 4) is 0 Å². The molecule has 1 aromatic rings. The standard InChI is InChI=1S/C15H23NO2/c1-11-7-5-6-8-13(11)9-10-14(18)16-15(3,4)12(2)17/h5-8,12,17H,9-10H2,1-4H3,(H,16,18). The quantitative estimate of drug-likeness (QED) is 0.840. The number of amides is 1. The van der Waals surface area contributed by atoms with Gasteiger partial charge >= 0.3 is 0 Å². The third-order valence-corrected chi connectivity index (χ3v) is 3.39. The zero-order valence-corrected chi connectivity index (χ0v) is 11.7. The highest BCUT2D eigenvalue weighted by Crippen LogP contribution is 2.12. The molecule has 0 aliphatic heterocycles. The summed E-state index contributed by atoms with van der Waals surface area (Å²) in [7, 11) is 0. The van der Waals surface area contributed by atoms with Crippen molar-refractivity contribution in [1.82, 2.24) is 5.32 Å². The third kappa shape index (κ3) is 4.15. The van der Waals surface area contributed by atoms with Crippen LogP contribution in [-0.4, -0.2) is 22.7 Å². The van der Waals surface area contributed by atoms with E-state index >= 15 is 0 Å². The molecule has 1 atom stereocenters. The highest BCUT2D eigenvalue weighted by Gasteiger charge is 2.25. The van der Waals surface area contributed by atoms with Crippen LogP contribution in [0.1, 0.15) is 38.3 Å². The minimum atomic E-state index is -0.581. The summed E-state index contributed by atoms with van der Waals surface area (Å²) in [5.41, 5.74) is 1.82. The largest absolute Gasteiger partial charge is 0.391 e. The molecule has 18 heavy (non-hydrogen) atoms. The van der Waals surface area contributed by atoms with Crippen LogP contribution in [0.3, 0.4) is 0 Å². The summed E-state index contributed by atoms with van der Waals surface area (Å²) < 4.78 is 0. The number of benzene rings is 1. The number of aliphatic hydroxyl groups excluding tert-OH is 1. The number of hydrogen-bond acceptors (Lipinski definition) is 2. The number of rotatable bonds is 5. The van der Waals surface area contributed by atoms with E-state index in [9.17, 15) is 9.90 Å². The fourth-order valence-electron chi connectivity index (χ4n) is 1.67. The summed E-state index contributed by atoms with van der Waals surface area (Å²) in [5, 5.41) is 12.4. The Labute approximate surface area is 109 Å². The molecule has 0 saturated carbocycles. The summed E-state index contributed by atoms with van der Waals surface area (Å²) in [4.78, 5) is 11.8. The third-order valence-electron chi connectivity index (χ3n) is 3.39. The van der Waals surface area contributed by atoms with Crippen molar-refractivity contribution in [1.29, 1.82) is 0 Å². The SMILES string of the molecule is Cc1ccccc1CCC(=O)NC(C)(C)C(C)O. The van der Waals surface area contributed by atoms with Crippen LogP contribution < -0.4 is 5.32 Å². The first-order valence-electron chi connectivity index (χ1n) is 6.36. The second-order valence-corrected chi connectivity index (χ2v) is 5.37. The van der Waals surface area contributed by atoms with Gasteiger partial charge in [-0.1, -0.05) is 24.3 Å². The van der Waals surface area contributed by atoms with Gasteiger partial charge in [0, 0.05) is 6.42 Å². The molecule has 1 unspecified atom stereocenters. The molecule has 0 spiro atoms. The highest BCUT2D eigenvalue weighted by atomic mass is 16.3. The topological polar surface area (TPSA) is 49.3 Å². The van der Waals surface area contributed by atoms with E-state index in [0.29, 0.717) is 6.42 Å².